The van der Waals surface area contributed by atoms with Crippen LogP contribution in [0.1, 0.15) is 26.7 Å². The zero-order chi connectivity index (χ0) is 4.99. The van der Waals surface area contributed by atoms with Crippen LogP contribution in [0.15, 0.2) is 5.57 Å². The van der Waals surface area contributed by atoms with Crippen molar-refractivity contribution in [2.75, 3.05) is 0 Å². The number of rotatable bonds is 2. The second kappa shape index (κ2) is 6.26. The fourth-order valence-corrected chi connectivity index (χ4v) is 0.394. The molecule has 0 amide bonds. The molecule has 0 radical (unpaired) electrons. The van der Waals surface area contributed by atoms with E-state index in [4.69, 9.17) is 6.58 Å². The maximum atomic E-state index is 5.32. The van der Waals surface area contributed by atoms with Gasteiger partial charge >= 0.3 is 17.1 Å². The summed E-state index contributed by atoms with van der Waals surface area (Å²) in [6, 6.07) is 0. The van der Waals surface area contributed by atoms with Crippen LogP contribution in [0, 0.1) is 6.58 Å². The first-order chi connectivity index (χ1) is 2.77. The third-order valence-corrected chi connectivity index (χ3v) is 0.644. The second-order valence-electron chi connectivity index (χ2n) is 1.60. The Morgan fingerprint density at radius 2 is 2.00 bits per heavy atom. The van der Waals surface area contributed by atoms with E-state index in [1.807, 2.05) is 6.92 Å². The summed E-state index contributed by atoms with van der Waals surface area (Å²) < 4.78 is 0. The molecule has 0 nitrogen and oxygen atoms in total. The molecule has 0 spiro atoms. The van der Waals surface area contributed by atoms with E-state index in [1.165, 1.54) is 6.42 Å². The van der Waals surface area contributed by atoms with E-state index in [1.54, 1.807) is 0 Å². The number of allylic oxidation sites excluding steroid dienone is 1. The van der Waals surface area contributed by atoms with Crippen LogP contribution in [0.4, 0.5) is 0 Å². The van der Waals surface area contributed by atoms with E-state index >= 15 is 0 Å². The predicted octanol–water partition coefficient (Wildman–Crippen LogP) is 2.16. The molecule has 0 atom stereocenters. The van der Waals surface area contributed by atoms with Gasteiger partial charge in [0.05, 0.1) is 0 Å². The Morgan fingerprint density at radius 3 is 2.00 bits per heavy atom. The summed E-state index contributed by atoms with van der Waals surface area (Å²) in [7, 11) is 0. The van der Waals surface area contributed by atoms with Gasteiger partial charge in [0.2, 0.25) is 0 Å². The van der Waals surface area contributed by atoms with E-state index in [9.17, 15) is 0 Å². The minimum atomic E-state index is 0. The van der Waals surface area contributed by atoms with Gasteiger partial charge in [0.15, 0.2) is 0 Å². The van der Waals surface area contributed by atoms with Crippen molar-refractivity contribution in [1.29, 1.82) is 0 Å². The Morgan fingerprint density at radius 1 is 1.57 bits per heavy atom. The molecule has 0 aliphatic rings. The summed E-state index contributed by atoms with van der Waals surface area (Å²) in [6.45, 7) is 9.39. The van der Waals surface area contributed by atoms with Gasteiger partial charge in [-0.3, -0.25) is 5.57 Å². The second-order valence-corrected chi connectivity index (χ2v) is 1.60. The maximum absolute atomic E-state index is 5.32. The van der Waals surface area contributed by atoms with Crippen molar-refractivity contribution in [2.45, 2.75) is 26.7 Å². The van der Waals surface area contributed by atoms with E-state index < -0.39 is 0 Å². The molecule has 0 unspecified atom stereocenters. The van der Waals surface area contributed by atoms with Crippen LogP contribution in [0.2, 0.25) is 0 Å². The molecule has 0 aromatic rings. The molecular weight excluding hydrogens is 136 g/mol. The van der Waals surface area contributed by atoms with Gasteiger partial charge in [-0.05, 0) is 0 Å². The average molecular weight is 147 g/mol. The van der Waals surface area contributed by atoms with Crippen molar-refractivity contribution in [3.05, 3.63) is 12.2 Å². The van der Waals surface area contributed by atoms with Crippen molar-refractivity contribution in [2.24, 2.45) is 0 Å². The molecule has 0 bridgehead atoms. The molecule has 0 aliphatic heterocycles. The first kappa shape index (κ1) is 10.3. The third kappa shape index (κ3) is 10.7. The van der Waals surface area contributed by atoms with Crippen LogP contribution < -0.4 is 0 Å². The summed E-state index contributed by atoms with van der Waals surface area (Å²) >= 11 is 0. The predicted molar refractivity (Wildman–Crippen MR) is 28.4 cm³/mol. The zero-order valence-corrected chi connectivity index (χ0v) is 5.73. The first-order valence-corrected chi connectivity index (χ1v) is 2.35. The van der Waals surface area contributed by atoms with Gasteiger partial charge < -0.3 is 6.58 Å². The maximum Gasteiger partial charge on any atom is 1.00 e. The van der Waals surface area contributed by atoms with Crippen molar-refractivity contribution >= 4 is 0 Å². The van der Waals surface area contributed by atoms with E-state index in [0.717, 1.165) is 12.0 Å². The van der Waals surface area contributed by atoms with Crippen LogP contribution in [-0.2, 0) is 17.1 Å². The van der Waals surface area contributed by atoms with Gasteiger partial charge in [-0.25, -0.2) is 0 Å². The van der Waals surface area contributed by atoms with Crippen LogP contribution in [0.25, 0.3) is 0 Å². The smallest absolute Gasteiger partial charge is 0.515 e. The van der Waals surface area contributed by atoms with Crippen LogP contribution in [-0.4, -0.2) is 0 Å². The summed E-state index contributed by atoms with van der Waals surface area (Å²) in [5.41, 5.74) is 1.04. The standard InChI is InChI=1S/C6H11.Cu/c1-4-5-6(2)3;/h2H,4-5H2,1,3H3;/q-1;+1. The molecule has 0 saturated heterocycles. The SMILES string of the molecule is [CH-]=C(C)CCC.[Cu+]. The third-order valence-electron chi connectivity index (χ3n) is 0.644. The molecule has 0 heterocycles. The average Bonchev–Trinajstić information content (AvgIpc) is 1.35. The van der Waals surface area contributed by atoms with Gasteiger partial charge in [0.1, 0.15) is 0 Å². The van der Waals surface area contributed by atoms with Crippen LogP contribution in [0.3, 0.4) is 0 Å². The molecule has 0 aliphatic carbocycles. The Bertz CT molecular complexity index is 48.1. The molecule has 0 saturated carbocycles. The molecule has 0 fully saturated rings. The Labute approximate surface area is 56.5 Å². The Balaban J connectivity index is 0. The largest absolute Gasteiger partial charge is 1.00 e. The van der Waals surface area contributed by atoms with E-state index in [2.05, 4.69) is 6.92 Å². The molecule has 0 aromatic heterocycles. The summed E-state index contributed by atoms with van der Waals surface area (Å²) in [5, 5.41) is 0. The van der Waals surface area contributed by atoms with Crippen LogP contribution >= 0.6 is 0 Å². The van der Waals surface area contributed by atoms with Crippen molar-refractivity contribution < 1.29 is 17.1 Å². The van der Waals surface area contributed by atoms with Gasteiger partial charge in [-0.15, -0.1) is 0 Å². The molecule has 7 heavy (non-hydrogen) atoms. The van der Waals surface area contributed by atoms with Gasteiger partial charge in [-0.2, -0.15) is 0 Å². The topological polar surface area (TPSA) is 0 Å². The minimum absolute atomic E-state index is 0. The fraction of sp³-hybridized carbons (Fsp3) is 0.667. The summed E-state index contributed by atoms with van der Waals surface area (Å²) in [6.07, 6.45) is 2.24. The Kier molecular flexibility index (Phi) is 9.19. The molecule has 1 heteroatoms. The van der Waals surface area contributed by atoms with E-state index in [0.29, 0.717) is 0 Å². The van der Waals surface area contributed by atoms with Gasteiger partial charge in [-0.1, -0.05) is 26.7 Å². The molecular formula is C6H11Cu. The van der Waals surface area contributed by atoms with Crippen molar-refractivity contribution in [3.8, 4) is 0 Å². The quantitative estimate of drug-likeness (QED) is 0.414. The van der Waals surface area contributed by atoms with E-state index in [-0.39, 0.29) is 17.1 Å². The normalized spacial score (nSPS) is 7.14. The zero-order valence-electron chi connectivity index (χ0n) is 4.79. The van der Waals surface area contributed by atoms with Gasteiger partial charge in [0, 0.05) is 0 Å². The number of hydrogen-bond donors (Lipinski definition) is 0. The Hall–Kier alpha value is 0.259. The minimum Gasteiger partial charge on any atom is -0.515 e. The number of hydrogen-bond acceptors (Lipinski definition) is 0. The molecule has 46 valence electrons. The molecule has 0 aromatic carbocycles. The monoisotopic (exact) mass is 146 g/mol. The fourth-order valence-electron chi connectivity index (χ4n) is 0.394. The van der Waals surface area contributed by atoms with Crippen molar-refractivity contribution in [1.82, 2.24) is 0 Å². The van der Waals surface area contributed by atoms with Gasteiger partial charge in [0.25, 0.3) is 0 Å². The molecule has 0 N–H and O–H groups in total. The summed E-state index contributed by atoms with van der Waals surface area (Å²) in [4.78, 5) is 0. The first-order valence-electron chi connectivity index (χ1n) is 2.35. The molecule has 0 rings (SSSR count). The van der Waals surface area contributed by atoms with Crippen molar-refractivity contribution in [3.63, 3.8) is 0 Å². The summed E-state index contributed by atoms with van der Waals surface area (Å²) in [5.74, 6) is 0. The van der Waals surface area contributed by atoms with Crippen LogP contribution in [0.5, 0.6) is 0 Å².